The Labute approximate surface area is 75.7 Å². The number of hydrogen-bond donors (Lipinski definition) is 2. The molecule has 1 aliphatic rings. The molecule has 2 rings (SSSR count). The van der Waals surface area contributed by atoms with Gasteiger partial charge in [0.25, 0.3) is 0 Å². The molecule has 1 heterocycles. The molecule has 1 aliphatic heterocycles. The molecule has 1 aromatic carbocycles. The van der Waals surface area contributed by atoms with E-state index in [0.717, 1.165) is 24.1 Å². The zero-order valence-corrected chi connectivity index (χ0v) is 7.00. The fraction of sp³-hybridized carbons (Fsp3) is 0.200. The van der Waals surface area contributed by atoms with Crippen molar-refractivity contribution >= 4 is 11.6 Å². The lowest BCUT2D eigenvalue weighted by molar-refractivity contribution is 0.474. The molecular formula is C10H9NO2. The van der Waals surface area contributed by atoms with Crippen molar-refractivity contribution < 1.29 is 9.90 Å². The highest BCUT2D eigenvalue weighted by Gasteiger charge is 2.14. The summed E-state index contributed by atoms with van der Waals surface area (Å²) in [5.74, 6) is 2.10. The number of aromatic hydroxyl groups is 1. The maximum Gasteiger partial charge on any atom is 0.150 e. The Morgan fingerprint density at radius 3 is 3.08 bits per heavy atom. The number of nitrogens with one attached hydrogen (secondary N) is 1. The second-order valence-electron chi connectivity index (χ2n) is 3.00. The van der Waals surface area contributed by atoms with Gasteiger partial charge in [-0.1, -0.05) is 0 Å². The van der Waals surface area contributed by atoms with Crippen molar-refractivity contribution in [2.45, 2.75) is 6.42 Å². The third-order valence-corrected chi connectivity index (χ3v) is 2.16. The van der Waals surface area contributed by atoms with E-state index in [4.69, 9.17) is 0 Å². The molecule has 2 N–H and O–H groups in total. The lowest BCUT2D eigenvalue weighted by atomic mass is 9.98. The van der Waals surface area contributed by atoms with Crippen LogP contribution in [0.1, 0.15) is 11.1 Å². The summed E-state index contributed by atoms with van der Waals surface area (Å²) >= 11 is 0. The Kier molecular flexibility index (Phi) is 1.80. The van der Waals surface area contributed by atoms with Crippen LogP contribution in [-0.2, 0) is 11.2 Å². The van der Waals surface area contributed by atoms with Crippen molar-refractivity contribution in [3.63, 3.8) is 0 Å². The zero-order valence-electron chi connectivity index (χ0n) is 7.00. The fourth-order valence-corrected chi connectivity index (χ4v) is 1.54. The van der Waals surface area contributed by atoms with E-state index in [1.807, 2.05) is 5.94 Å². The standard InChI is InChI=1S/C10H9NO2/c12-6-10-9-2-1-8(13)5-7(9)3-4-11-10/h1-2,5,11,13H,3-4H2. The van der Waals surface area contributed by atoms with Crippen molar-refractivity contribution in [3.8, 4) is 5.75 Å². The fourth-order valence-electron chi connectivity index (χ4n) is 1.54. The minimum atomic E-state index is 0.242. The van der Waals surface area contributed by atoms with Crippen LogP contribution in [0.4, 0.5) is 0 Å². The molecule has 0 fully saturated rings. The van der Waals surface area contributed by atoms with E-state index in [0.29, 0.717) is 5.70 Å². The third kappa shape index (κ3) is 1.30. The molecule has 3 nitrogen and oxygen atoms in total. The van der Waals surface area contributed by atoms with Gasteiger partial charge in [-0.2, -0.15) is 0 Å². The van der Waals surface area contributed by atoms with Crippen LogP contribution in [0, 0.1) is 0 Å². The van der Waals surface area contributed by atoms with E-state index in [-0.39, 0.29) is 5.75 Å². The largest absolute Gasteiger partial charge is 0.508 e. The highest BCUT2D eigenvalue weighted by molar-refractivity contribution is 5.88. The first-order valence-electron chi connectivity index (χ1n) is 4.12. The molecule has 0 saturated heterocycles. The molecule has 0 bridgehead atoms. The Balaban J connectivity index is 2.58. The first kappa shape index (κ1) is 7.90. The van der Waals surface area contributed by atoms with E-state index < -0.39 is 0 Å². The number of hydrogen-bond acceptors (Lipinski definition) is 3. The van der Waals surface area contributed by atoms with Crippen molar-refractivity contribution in [3.05, 3.63) is 29.3 Å². The number of benzene rings is 1. The summed E-state index contributed by atoms with van der Waals surface area (Å²) in [6, 6.07) is 4.99. The van der Waals surface area contributed by atoms with E-state index in [2.05, 4.69) is 5.32 Å². The molecule has 0 unspecified atom stereocenters. The predicted octanol–water partition coefficient (Wildman–Crippen LogP) is 0.710. The molecule has 0 spiro atoms. The van der Waals surface area contributed by atoms with Gasteiger partial charge in [-0.15, -0.1) is 0 Å². The van der Waals surface area contributed by atoms with Gasteiger partial charge in [0.2, 0.25) is 0 Å². The summed E-state index contributed by atoms with van der Waals surface area (Å²) in [6.07, 6.45) is 0.828. The average molecular weight is 175 g/mol. The van der Waals surface area contributed by atoms with Gasteiger partial charge in [-0.3, -0.25) is 0 Å². The lowest BCUT2D eigenvalue weighted by Gasteiger charge is -2.18. The Morgan fingerprint density at radius 2 is 2.31 bits per heavy atom. The van der Waals surface area contributed by atoms with Gasteiger partial charge in [-0.25, -0.2) is 4.79 Å². The van der Waals surface area contributed by atoms with Crippen LogP contribution in [0.2, 0.25) is 0 Å². The maximum absolute atomic E-state index is 10.5. The van der Waals surface area contributed by atoms with Crippen molar-refractivity contribution in [1.29, 1.82) is 0 Å². The number of carbonyl (C=O) groups excluding carboxylic acids is 1. The number of phenols is 1. The van der Waals surface area contributed by atoms with Crippen LogP contribution in [0.25, 0.3) is 5.70 Å². The summed E-state index contributed by atoms with van der Waals surface area (Å²) < 4.78 is 0. The topological polar surface area (TPSA) is 49.3 Å². The van der Waals surface area contributed by atoms with Crippen LogP contribution >= 0.6 is 0 Å². The molecule has 0 saturated carbocycles. The van der Waals surface area contributed by atoms with E-state index in [1.165, 1.54) is 0 Å². The third-order valence-electron chi connectivity index (χ3n) is 2.16. The van der Waals surface area contributed by atoms with Gasteiger partial charge in [0.15, 0.2) is 5.94 Å². The first-order chi connectivity index (χ1) is 6.31. The molecule has 0 amide bonds. The highest BCUT2D eigenvalue weighted by Crippen LogP contribution is 2.23. The minimum Gasteiger partial charge on any atom is -0.508 e. The predicted molar refractivity (Wildman–Crippen MR) is 48.9 cm³/mol. The van der Waals surface area contributed by atoms with Crippen LogP contribution in [0.15, 0.2) is 18.2 Å². The summed E-state index contributed by atoms with van der Waals surface area (Å²) in [5, 5.41) is 12.2. The highest BCUT2D eigenvalue weighted by atomic mass is 16.3. The van der Waals surface area contributed by atoms with Gasteiger partial charge >= 0.3 is 0 Å². The van der Waals surface area contributed by atoms with Crippen LogP contribution in [-0.4, -0.2) is 17.6 Å². The van der Waals surface area contributed by atoms with E-state index in [1.54, 1.807) is 18.2 Å². The molecule has 1 aromatic rings. The Hall–Kier alpha value is -1.73. The minimum absolute atomic E-state index is 0.242. The normalized spacial score (nSPS) is 14.3. The lowest BCUT2D eigenvalue weighted by Crippen LogP contribution is -2.22. The number of fused-ring (bicyclic) bond motifs is 1. The maximum atomic E-state index is 10.5. The van der Waals surface area contributed by atoms with Crippen molar-refractivity contribution in [1.82, 2.24) is 5.32 Å². The van der Waals surface area contributed by atoms with Gasteiger partial charge in [0.05, 0.1) is 0 Å². The van der Waals surface area contributed by atoms with Gasteiger partial charge in [0.1, 0.15) is 11.4 Å². The summed E-state index contributed by atoms with van der Waals surface area (Å²) in [6.45, 7) is 0.723. The average Bonchev–Trinajstić information content (AvgIpc) is 2.16. The van der Waals surface area contributed by atoms with Crippen molar-refractivity contribution in [2.24, 2.45) is 0 Å². The molecule has 3 heteroatoms. The van der Waals surface area contributed by atoms with Gasteiger partial charge < -0.3 is 10.4 Å². The van der Waals surface area contributed by atoms with Gasteiger partial charge in [0, 0.05) is 12.1 Å². The second kappa shape index (κ2) is 2.96. The molecule has 66 valence electrons. The summed E-state index contributed by atoms with van der Waals surface area (Å²) in [7, 11) is 0. The van der Waals surface area contributed by atoms with Crippen LogP contribution in [0.3, 0.4) is 0 Å². The molecular weight excluding hydrogens is 166 g/mol. The quantitative estimate of drug-likeness (QED) is 0.571. The van der Waals surface area contributed by atoms with Crippen LogP contribution in [0.5, 0.6) is 5.75 Å². The van der Waals surface area contributed by atoms with E-state index >= 15 is 0 Å². The first-order valence-corrected chi connectivity index (χ1v) is 4.12. The monoisotopic (exact) mass is 175 g/mol. The molecule has 0 aliphatic carbocycles. The molecule has 0 aromatic heterocycles. The molecule has 13 heavy (non-hydrogen) atoms. The smallest absolute Gasteiger partial charge is 0.150 e. The number of phenolic OH excluding ortho intramolecular Hbond substituents is 1. The Morgan fingerprint density at radius 1 is 1.46 bits per heavy atom. The van der Waals surface area contributed by atoms with Gasteiger partial charge in [-0.05, 0) is 30.2 Å². The summed E-state index contributed by atoms with van der Waals surface area (Å²) in [5.41, 5.74) is 2.33. The molecule has 0 radical (unpaired) electrons. The summed E-state index contributed by atoms with van der Waals surface area (Å²) in [4.78, 5) is 10.5. The molecule has 0 atom stereocenters. The van der Waals surface area contributed by atoms with E-state index in [9.17, 15) is 9.90 Å². The van der Waals surface area contributed by atoms with Crippen molar-refractivity contribution in [2.75, 3.05) is 6.54 Å². The van der Waals surface area contributed by atoms with Crippen LogP contribution < -0.4 is 5.32 Å². The zero-order chi connectivity index (χ0) is 9.26. The number of rotatable bonds is 0. The second-order valence-corrected chi connectivity index (χ2v) is 3.00. The SMILES string of the molecule is O=C=C1NCCc2cc(O)ccc21. The Bertz CT molecular complexity index is 392.